The third kappa shape index (κ3) is 4.98. The molecule has 0 aliphatic carbocycles. The highest BCUT2D eigenvalue weighted by Gasteiger charge is 2.38. The van der Waals surface area contributed by atoms with E-state index >= 15 is 0 Å². The van der Waals surface area contributed by atoms with Crippen LogP contribution in [0, 0.1) is 13.8 Å². The van der Waals surface area contributed by atoms with Crippen LogP contribution in [-0.4, -0.2) is 40.4 Å². The molecule has 7 heteroatoms. The van der Waals surface area contributed by atoms with E-state index in [-0.39, 0.29) is 29.4 Å². The third-order valence-corrected chi connectivity index (χ3v) is 8.06. The number of thioether (sulfide) groups is 1. The first-order valence-corrected chi connectivity index (χ1v) is 14.0. The van der Waals surface area contributed by atoms with Gasteiger partial charge in [-0.1, -0.05) is 79.7 Å². The van der Waals surface area contributed by atoms with Crippen molar-refractivity contribution in [1.82, 2.24) is 15.1 Å². The van der Waals surface area contributed by atoms with E-state index < -0.39 is 0 Å². The molecule has 2 heterocycles. The molecule has 1 unspecified atom stereocenters. The van der Waals surface area contributed by atoms with Gasteiger partial charge in [0.25, 0.3) is 0 Å². The predicted molar refractivity (Wildman–Crippen MR) is 155 cm³/mol. The molecule has 6 nitrogen and oxygen atoms in total. The van der Waals surface area contributed by atoms with Crippen LogP contribution >= 0.6 is 11.8 Å². The van der Waals surface area contributed by atoms with Gasteiger partial charge in [0.05, 0.1) is 22.4 Å². The number of anilines is 1. The number of hydrogen-bond donors (Lipinski definition) is 1. The van der Waals surface area contributed by atoms with E-state index in [2.05, 4.69) is 36.5 Å². The Labute approximate surface area is 228 Å². The van der Waals surface area contributed by atoms with Crippen molar-refractivity contribution in [3.63, 3.8) is 0 Å². The van der Waals surface area contributed by atoms with Crippen LogP contribution in [0.4, 0.5) is 5.82 Å². The Kier molecular flexibility index (Phi) is 7.65. The minimum absolute atomic E-state index is 0.0569. The van der Waals surface area contributed by atoms with Crippen molar-refractivity contribution in [2.75, 3.05) is 23.7 Å². The van der Waals surface area contributed by atoms with Gasteiger partial charge in [0.1, 0.15) is 12.4 Å². The quantitative estimate of drug-likeness (QED) is 0.329. The van der Waals surface area contributed by atoms with Crippen LogP contribution in [0.1, 0.15) is 40.8 Å². The summed E-state index contributed by atoms with van der Waals surface area (Å²) in [6.07, 6.45) is 0.829. The van der Waals surface area contributed by atoms with E-state index in [1.54, 1.807) is 16.7 Å². The van der Waals surface area contributed by atoms with Crippen LogP contribution < -0.4 is 10.2 Å². The zero-order chi connectivity index (χ0) is 26.6. The molecule has 0 radical (unpaired) electrons. The molecule has 1 aliphatic heterocycles. The minimum Gasteiger partial charge on any atom is -0.355 e. The SMILES string of the molecule is CCCNC(=O)CN1C(=O)CSC(c2ccccc2C)c2c(-c3ccccc3)nn(-c3ccccc3C)c21. The molecular weight excluding hydrogens is 492 g/mol. The monoisotopic (exact) mass is 524 g/mol. The summed E-state index contributed by atoms with van der Waals surface area (Å²) in [6.45, 7) is 6.67. The summed E-state index contributed by atoms with van der Waals surface area (Å²) >= 11 is 1.60. The van der Waals surface area contributed by atoms with Gasteiger partial charge in [0.2, 0.25) is 11.8 Å². The van der Waals surface area contributed by atoms with Crippen LogP contribution in [0.15, 0.2) is 78.9 Å². The Morgan fingerprint density at radius 1 is 0.974 bits per heavy atom. The Hall–Kier alpha value is -3.84. The molecule has 1 aromatic heterocycles. The van der Waals surface area contributed by atoms with E-state index in [0.29, 0.717) is 12.4 Å². The molecule has 0 saturated carbocycles. The number of nitrogens with zero attached hydrogens (tertiary/aromatic N) is 3. The molecule has 5 rings (SSSR count). The summed E-state index contributed by atoms with van der Waals surface area (Å²) in [7, 11) is 0. The van der Waals surface area contributed by atoms with Crippen LogP contribution in [0.25, 0.3) is 16.9 Å². The summed E-state index contributed by atoms with van der Waals surface area (Å²) in [5.41, 5.74) is 6.95. The minimum atomic E-state index is -0.177. The number of para-hydroxylation sites is 1. The van der Waals surface area contributed by atoms with E-state index in [9.17, 15) is 9.59 Å². The number of fused-ring (bicyclic) bond motifs is 1. The van der Waals surface area contributed by atoms with Crippen LogP contribution in [0.3, 0.4) is 0 Å². The fraction of sp³-hybridized carbons (Fsp3) is 0.258. The zero-order valence-electron chi connectivity index (χ0n) is 22.0. The van der Waals surface area contributed by atoms with Crippen molar-refractivity contribution < 1.29 is 9.59 Å². The van der Waals surface area contributed by atoms with Crippen molar-refractivity contribution in [3.05, 3.63) is 101 Å². The van der Waals surface area contributed by atoms with Crippen molar-refractivity contribution >= 4 is 29.4 Å². The van der Waals surface area contributed by atoms with Gasteiger partial charge in [-0.2, -0.15) is 5.10 Å². The second-order valence-corrected chi connectivity index (χ2v) is 10.6. The first kappa shape index (κ1) is 25.8. The standard InChI is InChI=1S/C31H32N4O2S/c1-4-18-32-26(36)19-34-27(37)20-38-30(24-16-10-8-12-21(24)2)28-29(23-14-6-5-7-15-23)33-35(31(28)34)25-17-11-9-13-22(25)3/h5-17,30H,4,18-20H2,1-3H3,(H,32,36). The number of rotatable bonds is 7. The largest absolute Gasteiger partial charge is 0.355 e. The molecule has 0 saturated heterocycles. The van der Waals surface area contributed by atoms with E-state index in [1.807, 2.05) is 73.1 Å². The van der Waals surface area contributed by atoms with Gasteiger partial charge >= 0.3 is 0 Å². The molecule has 1 atom stereocenters. The predicted octanol–water partition coefficient (Wildman–Crippen LogP) is 5.85. The van der Waals surface area contributed by atoms with Crippen molar-refractivity contribution in [1.29, 1.82) is 0 Å². The molecule has 2 amide bonds. The summed E-state index contributed by atoms with van der Waals surface area (Å²) in [5, 5.41) is 7.98. The lowest BCUT2D eigenvalue weighted by atomic mass is 9.96. The lowest BCUT2D eigenvalue weighted by Gasteiger charge is -2.24. The highest BCUT2D eigenvalue weighted by molar-refractivity contribution is 8.00. The number of aryl methyl sites for hydroxylation is 2. The zero-order valence-corrected chi connectivity index (χ0v) is 22.8. The second-order valence-electron chi connectivity index (χ2n) is 9.53. The number of carbonyl (C=O) groups is 2. The Morgan fingerprint density at radius 2 is 1.66 bits per heavy atom. The molecule has 0 bridgehead atoms. The van der Waals surface area contributed by atoms with Crippen LogP contribution in [0.2, 0.25) is 0 Å². The summed E-state index contributed by atoms with van der Waals surface area (Å²) in [5.74, 6) is 0.641. The molecule has 0 fully saturated rings. The average Bonchev–Trinajstić information content (AvgIpc) is 3.25. The van der Waals surface area contributed by atoms with Gasteiger partial charge < -0.3 is 5.32 Å². The first-order chi connectivity index (χ1) is 18.5. The number of amides is 2. The fourth-order valence-corrected chi connectivity index (χ4v) is 6.18. The van der Waals surface area contributed by atoms with E-state index in [1.165, 1.54) is 0 Å². The van der Waals surface area contributed by atoms with E-state index in [0.717, 1.165) is 45.6 Å². The summed E-state index contributed by atoms with van der Waals surface area (Å²) < 4.78 is 1.87. The van der Waals surface area contributed by atoms with Gasteiger partial charge in [-0.05, 0) is 43.0 Å². The van der Waals surface area contributed by atoms with Gasteiger partial charge in [-0.3, -0.25) is 14.5 Å². The van der Waals surface area contributed by atoms with Gasteiger partial charge in [0, 0.05) is 17.7 Å². The van der Waals surface area contributed by atoms with Crippen molar-refractivity contribution in [2.24, 2.45) is 0 Å². The van der Waals surface area contributed by atoms with Gasteiger partial charge in [-0.25, -0.2) is 4.68 Å². The smallest absolute Gasteiger partial charge is 0.240 e. The lowest BCUT2D eigenvalue weighted by molar-refractivity contribution is -0.122. The van der Waals surface area contributed by atoms with Crippen LogP contribution in [-0.2, 0) is 9.59 Å². The molecular formula is C31H32N4O2S. The molecule has 38 heavy (non-hydrogen) atoms. The highest BCUT2D eigenvalue weighted by Crippen LogP contribution is 2.49. The Balaban J connectivity index is 1.81. The number of hydrogen-bond acceptors (Lipinski definition) is 4. The molecule has 194 valence electrons. The Morgan fingerprint density at radius 3 is 2.37 bits per heavy atom. The topological polar surface area (TPSA) is 67.2 Å². The summed E-state index contributed by atoms with van der Waals surface area (Å²) in [4.78, 5) is 28.4. The number of aromatic nitrogens is 2. The summed E-state index contributed by atoms with van der Waals surface area (Å²) in [6, 6.07) is 26.4. The van der Waals surface area contributed by atoms with Gasteiger partial charge in [0.15, 0.2) is 0 Å². The van der Waals surface area contributed by atoms with Gasteiger partial charge in [-0.15, -0.1) is 11.8 Å². The number of carbonyl (C=O) groups excluding carboxylic acids is 2. The van der Waals surface area contributed by atoms with E-state index in [4.69, 9.17) is 5.10 Å². The highest BCUT2D eigenvalue weighted by atomic mass is 32.2. The third-order valence-electron chi connectivity index (χ3n) is 6.82. The maximum atomic E-state index is 13.7. The normalized spacial score (nSPS) is 15.2. The fourth-order valence-electron chi connectivity index (χ4n) is 4.89. The first-order valence-electron chi connectivity index (χ1n) is 13.0. The lowest BCUT2D eigenvalue weighted by Crippen LogP contribution is -2.42. The molecule has 4 aromatic rings. The maximum Gasteiger partial charge on any atom is 0.240 e. The number of nitrogens with one attached hydrogen (secondary N) is 1. The molecule has 3 aromatic carbocycles. The molecule has 1 N–H and O–H groups in total. The number of benzene rings is 3. The molecule has 0 spiro atoms. The Bertz CT molecular complexity index is 1460. The van der Waals surface area contributed by atoms with Crippen LogP contribution in [0.5, 0.6) is 0 Å². The van der Waals surface area contributed by atoms with Crippen molar-refractivity contribution in [3.8, 4) is 16.9 Å². The average molecular weight is 525 g/mol. The maximum absolute atomic E-state index is 13.7. The second kappa shape index (κ2) is 11.3. The van der Waals surface area contributed by atoms with Crippen molar-refractivity contribution in [2.45, 2.75) is 32.4 Å². The molecule has 1 aliphatic rings.